The minimum atomic E-state index is -3.33. The van der Waals surface area contributed by atoms with Gasteiger partial charge >= 0.3 is 0 Å². The Morgan fingerprint density at radius 1 is 1.02 bits per heavy atom. The van der Waals surface area contributed by atoms with Crippen molar-refractivity contribution < 1.29 is 8.42 Å². The highest BCUT2D eigenvalue weighted by molar-refractivity contribution is 7.91. The molecule has 208 valence electrons. The summed E-state index contributed by atoms with van der Waals surface area (Å²) in [4.78, 5) is 41.6. The Labute approximate surface area is 232 Å². The second-order valence-corrected chi connectivity index (χ2v) is 12.8. The first-order valence-electron chi connectivity index (χ1n) is 13.9. The minimum Gasteiger partial charge on any atom is -0.360 e. The average molecular weight is 561 g/mol. The van der Waals surface area contributed by atoms with Gasteiger partial charge in [0.25, 0.3) is 5.56 Å². The van der Waals surface area contributed by atoms with E-state index in [4.69, 9.17) is 4.98 Å². The number of hydrogen-bond acceptors (Lipinski definition) is 10. The van der Waals surface area contributed by atoms with Gasteiger partial charge in [0.1, 0.15) is 11.8 Å². The Morgan fingerprint density at radius 2 is 1.82 bits per heavy atom. The van der Waals surface area contributed by atoms with Crippen LogP contribution in [-0.2, 0) is 22.8 Å². The molecule has 1 N–H and O–H groups in total. The summed E-state index contributed by atoms with van der Waals surface area (Å²) >= 11 is 0. The van der Waals surface area contributed by atoms with Crippen molar-refractivity contribution in [3.8, 4) is 11.4 Å². The molecule has 4 heterocycles. The fourth-order valence-electron chi connectivity index (χ4n) is 5.06. The van der Waals surface area contributed by atoms with Gasteiger partial charge in [0, 0.05) is 18.2 Å². The van der Waals surface area contributed by atoms with E-state index in [-0.39, 0.29) is 34.6 Å². The second kappa shape index (κ2) is 10.3. The lowest BCUT2D eigenvalue weighted by atomic mass is 10.1. The summed E-state index contributed by atoms with van der Waals surface area (Å²) in [6.45, 7) is 5.92. The van der Waals surface area contributed by atoms with Gasteiger partial charge in [-0.2, -0.15) is 0 Å². The standard InChI is InChI=1S/C28H32N8O3S/c1-4-21-23(24(18-8-9-18)33-15-32-21)25-31-14-22-27(35-25)36(16(3)17-6-7-17)28(37)26(34-22)30-12-19-10-11-20(13-29-19)40(38,39)5-2/h10-11,13-18H,4-9,12H2,1-3H3,(H,30,34)/t16-/m0/s1. The van der Waals surface area contributed by atoms with Gasteiger partial charge in [-0.05, 0) is 57.1 Å². The van der Waals surface area contributed by atoms with E-state index in [1.54, 1.807) is 30.1 Å². The Balaban J connectivity index is 1.39. The molecule has 11 nitrogen and oxygen atoms in total. The number of sulfone groups is 1. The molecule has 2 saturated carbocycles. The van der Waals surface area contributed by atoms with Crippen LogP contribution in [0, 0.1) is 5.92 Å². The molecule has 0 radical (unpaired) electrons. The van der Waals surface area contributed by atoms with Crippen LogP contribution in [0.15, 0.2) is 40.5 Å². The molecule has 2 aliphatic rings. The number of nitrogens with one attached hydrogen (secondary N) is 1. The van der Waals surface area contributed by atoms with Crippen molar-refractivity contribution in [2.24, 2.45) is 5.92 Å². The first-order valence-corrected chi connectivity index (χ1v) is 15.5. The van der Waals surface area contributed by atoms with E-state index < -0.39 is 9.84 Å². The zero-order valence-corrected chi connectivity index (χ0v) is 23.6. The molecule has 0 spiro atoms. The van der Waals surface area contributed by atoms with Crippen molar-refractivity contribution >= 4 is 26.8 Å². The van der Waals surface area contributed by atoms with E-state index in [9.17, 15) is 13.2 Å². The number of nitrogens with zero attached hydrogens (tertiary/aromatic N) is 7. The Hall–Kier alpha value is -3.80. The van der Waals surface area contributed by atoms with Crippen LogP contribution in [0.4, 0.5) is 5.82 Å². The van der Waals surface area contributed by atoms with E-state index in [1.165, 1.54) is 12.3 Å². The maximum absolute atomic E-state index is 13.8. The predicted molar refractivity (Wildman–Crippen MR) is 151 cm³/mol. The molecule has 2 aliphatic carbocycles. The summed E-state index contributed by atoms with van der Waals surface area (Å²) in [6.07, 6.45) is 9.67. The van der Waals surface area contributed by atoms with Gasteiger partial charge < -0.3 is 5.32 Å². The lowest BCUT2D eigenvalue weighted by molar-refractivity contribution is 0.482. The van der Waals surface area contributed by atoms with Gasteiger partial charge in [0.15, 0.2) is 27.1 Å². The molecular formula is C28H32N8O3S. The summed E-state index contributed by atoms with van der Waals surface area (Å²) in [7, 11) is -3.33. The first-order chi connectivity index (χ1) is 19.3. The second-order valence-electron chi connectivity index (χ2n) is 10.6. The molecule has 1 atom stereocenters. The lowest BCUT2D eigenvalue weighted by Crippen LogP contribution is -2.29. The molecule has 0 bridgehead atoms. The highest BCUT2D eigenvalue weighted by Crippen LogP contribution is 2.44. The van der Waals surface area contributed by atoms with Crippen molar-refractivity contribution in [2.45, 2.75) is 76.3 Å². The maximum Gasteiger partial charge on any atom is 0.295 e. The third-order valence-electron chi connectivity index (χ3n) is 7.79. The van der Waals surface area contributed by atoms with E-state index in [0.717, 1.165) is 49.1 Å². The number of aromatic nitrogens is 7. The van der Waals surface area contributed by atoms with Crippen LogP contribution in [0.3, 0.4) is 0 Å². The average Bonchev–Trinajstić information content (AvgIpc) is 3.89. The van der Waals surface area contributed by atoms with E-state index in [1.807, 2.05) is 0 Å². The summed E-state index contributed by atoms with van der Waals surface area (Å²) in [5.41, 5.74) is 4.09. The van der Waals surface area contributed by atoms with Crippen LogP contribution in [-0.4, -0.2) is 48.6 Å². The fraction of sp³-hybridized carbons (Fsp3) is 0.464. The summed E-state index contributed by atoms with van der Waals surface area (Å²) in [5, 5.41) is 3.11. The monoisotopic (exact) mass is 560 g/mol. The van der Waals surface area contributed by atoms with Gasteiger partial charge in [-0.15, -0.1) is 0 Å². The van der Waals surface area contributed by atoms with Gasteiger partial charge in [0.2, 0.25) is 0 Å². The number of fused-ring (bicyclic) bond motifs is 1. The Morgan fingerprint density at radius 3 is 2.48 bits per heavy atom. The molecule has 12 heteroatoms. The van der Waals surface area contributed by atoms with Crippen molar-refractivity contribution in [1.29, 1.82) is 0 Å². The highest BCUT2D eigenvalue weighted by atomic mass is 32.2. The summed E-state index contributed by atoms with van der Waals surface area (Å²) in [5.74, 6) is 1.51. The highest BCUT2D eigenvalue weighted by Gasteiger charge is 2.33. The smallest absolute Gasteiger partial charge is 0.295 e. The van der Waals surface area contributed by atoms with E-state index in [0.29, 0.717) is 34.5 Å². The van der Waals surface area contributed by atoms with Crippen LogP contribution >= 0.6 is 0 Å². The molecule has 40 heavy (non-hydrogen) atoms. The number of anilines is 1. The summed E-state index contributed by atoms with van der Waals surface area (Å²) in [6, 6.07) is 3.12. The number of hydrogen-bond donors (Lipinski definition) is 1. The van der Waals surface area contributed by atoms with Crippen molar-refractivity contribution in [2.75, 3.05) is 11.1 Å². The molecule has 0 saturated heterocycles. The quantitative estimate of drug-likeness (QED) is 0.303. The molecule has 4 aromatic rings. The molecule has 2 fully saturated rings. The molecule has 0 unspecified atom stereocenters. The van der Waals surface area contributed by atoms with Crippen LogP contribution in [0.5, 0.6) is 0 Å². The molecule has 0 aliphatic heterocycles. The van der Waals surface area contributed by atoms with Crippen LogP contribution in [0.1, 0.15) is 75.5 Å². The van der Waals surface area contributed by atoms with Crippen LogP contribution in [0.25, 0.3) is 22.6 Å². The van der Waals surface area contributed by atoms with E-state index >= 15 is 0 Å². The normalized spacial score (nSPS) is 16.3. The predicted octanol–water partition coefficient (Wildman–Crippen LogP) is 3.86. The SMILES string of the molecule is CCc1ncnc(C2CC2)c1-c1ncc2nc(NCc3ccc(S(=O)(=O)CC)cn3)c(=O)n([C@@H](C)C3CC3)c2n1. The molecular weight excluding hydrogens is 528 g/mol. The third kappa shape index (κ3) is 4.96. The van der Waals surface area contributed by atoms with Gasteiger partial charge in [-0.1, -0.05) is 13.8 Å². The maximum atomic E-state index is 13.8. The molecule has 6 rings (SSSR count). The molecule has 4 aromatic heterocycles. The molecule has 0 amide bonds. The van der Waals surface area contributed by atoms with Gasteiger partial charge in [-0.25, -0.2) is 33.3 Å². The van der Waals surface area contributed by atoms with Gasteiger partial charge in [-0.3, -0.25) is 14.3 Å². The van der Waals surface area contributed by atoms with Crippen LogP contribution in [0.2, 0.25) is 0 Å². The zero-order chi connectivity index (χ0) is 28.0. The third-order valence-corrected chi connectivity index (χ3v) is 9.51. The Bertz CT molecular complexity index is 1750. The largest absolute Gasteiger partial charge is 0.360 e. The number of rotatable bonds is 10. The topological polar surface area (TPSA) is 146 Å². The van der Waals surface area contributed by atoms with Crippen molar-refractivity contribution in [1.82, 2.24) is 34.5 Å². The fourth-order valence-corrected chi connectivity index (χ4v) is 5.88. The Kier molecular flexibility index (Phi) is 6.81. The zero-order valence-electron chi connectivity index (χ0n) is 22.8. The van der Waals surface area contributed by atoms with Gasteiger partial charge in [0.05, 0.1) is 46.0 Å². The minimum absolute atomic E-state index is 0.00867. The number of pyridine rings is 1. The van der Waals surface area contributed by atoms with E-state index in [2.05, 4.69) is 44.1 Å². The first kappa shape index (κ1) is 26.4. The molecule has 0 aromatic carbocycles. The lowest BCUT2D eigenvalue weighted by Gasteiger charge is -2.19. The van der Waals surface area contributed by atoms with Crippen molar-refractivity contribution in [3.05, 3.63) is 58.3 Å². The van der Waals surface area contributed by atoms with Crippen molar-refractivity contribution in [3.63, 3.8) is 0 Å². The summed E-state index contributed by atoms with van der Waals surface area (Å²) < 4.78 is 25.9. The van der Waals surface area contributed by atoms with Crippen LogP contribution < -0.4 is 10.9 Å². The number of aryl methyl sites for hydroxylation is 1.